The van der Waals surface area contributed by atoms with Crippen LogP contribution >= 0.6 is 15.9 Å². The fourth-order valence-corrected chi connectivity index (χ4v) is 2.15. The molecule has 0 bridgehead atoms. The summed E-state index contributed by atoms with van der Waals surface area (Å²) in [6.45, 7) is 10.8. The van der Waals surface area contributed by atoms with Crippen molar-refractivity contribution in [1.29, 1.82) is 0 Å². The van der Waals surface area contributed by atoms with Gasteiger partial charge in [0.05, 0.1) is 0 Å². The van der Waals surface area contributed by atoms with Gasteiger partial charge in [0, 0.05) is 17.5 Å². The monoisotopic (exact) mass is 313 g/mol. The van der Waals surface area contributed by atoms with Crippen LogP contribution in [0.1, 0.15) is 59.7 Å². The summed E-state index contributed by atoms with van der Waals surface area (Å²) in [6, 6.07) is 2.44. The molecule has 1 atom stereocenters. The molecule has 0 fully saturated rings. The van der Waals surface area contributed by atoms with Gasteiger partial charge in [0.1, 0.15) is 16.2 Å². The molecule has 1 heterocycles. The molecule has 0 aliphatic carbocycles. The summed E-state index contributed by atoms with van der Waals surface area (Å²) in [7, 11) is 0. The van der Waals surface area contributed by atoms with Gasteiger partial charge in [-0.1, -0.05) is 41.0 Å². The van der Waals surface area contributed by atoms with Gasteiger partial charge >= 0.3 is 0 Å². The fraction of sp³-hybridized carbons (Fsp3) is 0.714. The van der Waals surface area contributed by atoms with Gasteiger partial charge in [0.2, 0.25) is 0 Å². The van der Waals surface area contributed by atoms with Crippen molar-refractivity contribution >= 4 is 21.7 Å². The maximum atomic E-state index is 4.62. The first kappa shape index (κ1) is 15.4. The standard InChI is InChI=1S/C14H24BrN3/c1-6-8-10(7-2)16-12-9-11(15)17-13(18-12)14(3,4)5/h9-10H,6-8H2,1-5H3,(H,16,17,18). The lowest BCUT2D eigenvalue weighted by Gasteiger charge is -2.21. The van der Waals surface area contributed by atoms with E-state index in [1.807, 2.05) is 6.07 Å². The Bertz CT molecular complexity index is 385. The van der Waals surface area contributed by atoms with Gasteiger partial charge in [-0.25, -0.2) is 9.97 Å². The van der Waals surface area contributed by atoms with Crippen LogP contribution in [-0.2, 0) is 5.41 Å². The molecule has 0 amide bonds. The molecule has 4 heteroatoms. The molecule has 0 aliphatic heterocycles. The van der Waals surface area contributed by atoms with Crippen LogP contribution in [0.4, 0.5) is 5.82 Å². The molecule has 1 aromatic heterocycles. The molecule has 0 saturated heterocycles. The second-order valence-electron chi connectivity index (χ2n) is 5.69. The average molecular weight is 314 g/mol. The summed E-state index contributed by atoms with van der Waals surface area (Å²) >= 11 is 3.47. The van der Waals surface area contributed by atoms with E-state index in [1.54, 1.807) is 0 Å². The van der Waals surface area contributed by atoms with E-state index >= 15 is 0 Å². The van der Waals surface area contributed by atoms with Crippen molar-refractivity contribution in [3.63, 3.8) is 0 Å². The molecule has 102 valence electrons. The van der Waals surface area contributed by atoms with Crippen molar-refractivity contribution in [3.05, 3.63) is 16.5 Å². The molecule has 3 nitrogen and oxygen atoms in total. The smallest absolute Gasteiger partial charge is 0.137 e. The molecule has 0 spiro atoms. The van der Waals surface area contributed by atoms with Crippen molar-refractivity contribution in [2.24, 2.45) is 0 Å². The van der Waals surface area contributed by atoms with Gasteiger partial charge in [0.25, 0.3) is 0 Å². The van der Waals surface area contributed by atoms with Crippen LogP contribution in [0.5, 0.6) is 0 Å². The lowest BCUT2D eigenvalue weighted by Crippen LogP contribution is -2.22. The van der Waals surface area contributed by atoms with E-state index in [9.17, 15) is 0 Å². The Hall–Kier alpha value is -0.640. The number of nitrogens with zero attached hydrogens (tertiary/aromatic N) is 2. The Morgan fingerprint density at radius 2 is 1.94 bits per heavy atom. The molecule has 1 unspecified atom stereocenters. The molecule has 1 N–H and O–H groups in total. The molecule has 1 rings (SSSR count). The first-order valence-electron chi connectivity index (χ1n) is 6.68. The number of nitrogens with one attached hydrogen (secondary N) is 1. The molecule has 1 aromatic rings. The number of hydrogen-bond donors (Lipinski definition) is 1. The number of halogens is 1. The Labute approximate surface area is 119 Å². The van der Waals surface area contributed by atoms with E-state index in [0.717, 1.165) is 22.7 Å². The van der Waals surface area contributed by atoms with E-state index in [1.165, 1.54) is 12.8 Å². The van der Waals surface area contributed by atoms with Crippen LogP contribution in [0.3, 0.4) is 0 Å². The highest BCUT2D eigenvalue weighted by atomic mass is 79.9. The Kier molecular flexibility index (Phi) is 5.57. The van der Waals surface area contributed by atoms with Crippen LogP contribution in [-0.4, -0.2) is 16.0 Å². The van der Waals surface area contributed by atoms with Crippen molar-refractivity contribution in [2.75, 3.05) is 5.32 Å². The summed E-state index contributed by atoms with van der Waals surface area (Å²) in [6.07, 6.45) is 3.47. The van der Waals surface area contributed by atoms with E-state index < -0.39 is 0 Å². The average Bonchev–Trinajstić information content (AvgIpc) is 2.26. The summed E-state index contributed by atoms with van der Waals surface area (Å²) in [5.41, 5.74) is -0.0350. The normalized spacial score (nSPS) is 13.4. The second kappa shape index (κ2) is 6.50. The molecular weight excluding hydrogens is 290 g/mol. The predicted octanol–water partition coefficient (Wildman–Crippen LogP) is 4.53. The molecule has 0 aliphatic rings. The first-order valence-corrected chi connectivity index (χ1v) is 7.47. The van der Waals surface area contributed by atoms with Crippen LogP contribution in [0, 0.1) is 0 Å². The van der Waals surface area contributed by atoms with Gasteiger partial charge in [-0.05, 0) is 28.8 Å². The molecule has 0 aromatic carbocycles. The van der Waals surface area contributed by atoms with Gasteiger partial charge in [-0.2, -0.15) is 0 Å². The zero-order valence-electron chi connectivity index (χ0n) is 12.0. The van der Waals surface area contributed by atoms with Crippen LogP contribution in [0.25, 0.3) is 0 Å². The molecule has 0 saturated carbocycles. The zero-order chi connectivity index (χ0) is 13.8. The number of hydrogen-bond acceptors (Lipinski definition) is 3. The highest BCUT2D eigenvalue weighted by molar-refractivity contribution is 9.10. The van der Waals surface area contributed by atoms with Crippen molar-refractivity contribution in [2.45, 2.75) is 65.3 Å². The second-order valence-corrected chi connectivity index (χ2v) is 6.50. The van der Waals surface area contributed by atoms with Crippen LogP contribution < -0.4 is 5.32 Å². The third kappa shape index (κ3) is 4.56. The van der Waals surface area contributed by atoms with E-state index in [4.69, 9.17) is 0 Å². The Morgan fingerprint density at radius 1 is 1.28 bits per heavy atom. The molecule has 0 radical (unpaired) electrons. The van der Waals surface area contributed by atoms with Crippen molar-refractivity contribution in [1.82, 2.24) is 9.97 Å². The van der Waals surface area contributed by atoms with Gasteiger partial charge < -0.3 is 5.32 Å². The van der Waals surface area contributed by atoms with Gasteiger partial charge in [-0.3, -0.25) is 0 Å². The topological polar surface area (TPSA) is 37.8 Å². The minimum Gasteiger partial charge on any atom is -0.367 e. The van der Waals surface area contributed by atoms with Crippen molar-refractivity contribution in [3.8, 4) is 0 Å². The Morgan fingerprint density at radius 3 is 2.44 bits per heavy atom. The Balaban J connectivity index is 2.92. The number of rotatable bonds is 5. The van der Waals surface area contributed by atoms with Crippen LogP contribution in [0.2, 0.25) is 0 Å². The van der Waals surface area contributed by atoms with Gasteiger partial charge in [0.15, 0.2) is 0 Å². The molecule has 18 heavy (non-hydrogen) atoms. The highest BCUT2D eigenvalue weighted by Gasteiger charge is 2.19. The number of anilines is 1. The summed E-state index contributed by atoms with van der Waals surface area (Å²) in [4.78, 5) is 9.07. The quantitative estimate of drug-likeness (QED) is 0.812. The van der Waals surface area contributed by atoms with E-state index in [0.29, 0.717) is 6.04 Å². The maximum absolute atomic E-state index is 4.62. The van der Waals surface area contributed by atoms with Gasteiger partial charge in [-0.15, -0.1) is 0 Å². The van der Waals surface area contributed by atoms with E-state index in [2.05, 4.69) is 65.8 Å². The SMILES string of the molecule is CCCC(CC)Nc1cc(Br)nc(C(C)(C)C)n1. The highest BCUT2D eigenvalue weighted by Crippen LogP contribution is 2.23. The minimum atomic E-state index is -0.0350. The number of aromatic nitrogens is 2. The largest absolute Gasteiger partial charge is 0.367 e. The summed E-state index contributed by atoms with van der Waals surface area (Å²) in [5, 5.41) is 3.50. The van der Waals surface area contributed by atoms with E-state index in [-0.39, 0.29) is 5.41 Å². The minimum absolute atomic E-state index is 0.0350. The summed E-state index contributed by atoms with van der Waals surface area (Å²) in [5.74, 6) is 1.79. The lowest BCUT2D eigenvalue weighted by atomic mass is 9.96. The first-order chi connectivity index (χ1) is 8.36. The third-order valence-corrected chi connectivity index (χ3v) is 3.25. The molecular formula is C14H24BrN3. The van der Waals surface area contributed by atoms with Crippen molar-refractivity contribution < 1.29 is 0 Å². The lowest BCUT2D eigenvalue weighted by molar-refractivity contribution is 0.542. The predicted molar refractivity (Wildman–Crippen MR) is 81.0 cm³/mol. The third-order valence-electron chi connectivity index (χ3n) is 2.85. The fourth-order valence-electron chi connectivity index (χ4n) is 1.76. The van der Waals surface area contributed by atoms with Crippen LogP contribution in [0.15, 0.2) is 10.7 Å². The zero-order valence-corrected chi connectivity index (χ0v) is 13.6. The summed E-state index contributed by atoms with van der Waals surface area (Å²) < 4.78 is 0.844. The maximum Gasteiger partial charge on any atom is 0.137 e.